The van der Waals surface area contributed by atoms with E-state index in [1.807, 2.05) is 48.5 Å². The number of fused-ring (bicyclic) bond motifs is 3. The molecule has 2 aliphatic rings. The Morgan fingerprint density at radius 3 is 2.14 bits per heavy atom. The summed E-state index contributed by atoms with van der Waals surface area (Å²) in [6.07, 6.45) is -1.25. The highest BCUT2D eigenvalue weighted by Crippen LogP contribution is 2.44. The molecule has 2 aromatic rings. The van der Waals surface area contributed by atoms with E-state index in [0.29, 0.717) is 0 Å². The van der Waals surface area contributed by atoms with Crippen molar-refractivity contribution in [2.24, 2.45) is 0 Å². The number of ether oxygens (including phenoxy) is 2. The van der Waals surface area contributed by atoms with Gasteiger partial charge in [-0.15, -0.1) is 0 Å². The van der Waals surface area contributed by atoms with Crippen molar-refractivity contribution >= 4 is 11.9 Å². The van der Waals surface area contributed by atoms with Crippen molar-refractivity contribution in [3.05, 3.63) is 72.3 Å². The molecule has 0 saturated carbocycles. The summed E-state index contributed by atoms with van der Waals surface area (Å²) < 4.78 is 65.1. The quantitative estimate of drug-likeness (QED) is 0.216. The van der Waals surface area contributed by atoms with E-state index < -0.39 is 55.7 Å². The summed E-state index contributed by atoms with van der Waals surface area (Å²) in [5.41, 5.74) is 3.97. The Kier molecular flexibility index (Phi) is 7.67. The lowest BCUT2D eigenvalue weighted by Crippen LogP contribution is -2.51. The van der Waals surface area contributed by atoms with Crippen LogP contribution in [0.3, 0.4) is 0 Å². The number of nitrogens with one attached hydrogen (secondary N) is 1. The zero-order valence-corrected chi connectivity index (χ0v) is 19.7. The number of esters is 1. The smallest absolute Gasteiger partial charge is 0.329 e. The van der Waals surface area contributed by atoms with Crippen LogP contribution in [0.4, 0.5) is 17.6 Å². The van der Waals surface area contributed by atoms with Crippen LogP contribution in [-0.2, 0) is 19.1 Å². The van der Waals surface area contributed by atoms with Gasteiger partial charge in [0.2, 0.25) is 12.3 Å². The Morgan fingerprint density at radius 2 is 1.59 bits per heavy atom. The number of hydrogen-bond donors (Lipinski definition) is 2. The van der Waals surface area contributed by atoms with Crippen LogP contribution in [-0.4, -0.2) is 72.5 Å². The summed E-state index contributed by atoms with van der Waals surface area (Å²) in [6.45, 7) is 0.139. The fourth-order valence-electron chi connectivity index (χ4n) is 4.58. The zero-order chi connectivity index (χ0) is 26.8. The van der Waals surface area contributed by atoms with Crippen molar-refractivity contribution in [2.75, 3.05) is 26.3 Å². The minimum Gasteiger partial charge on any atom is -0.461 e. The third kappa shape index (κ3) is 5.53. The number of halogens is 4. The molecule has 0 aromatic heterocycles. The molecule has 7 nitrogen and oxygen atoms in total. The van der Waals surface area contributed by atoms with E-state index in [-0.39, 0.29) is 24.0 Å². The van der Waals surface area contributed by atoms with Gasteiger partial charge in [-0.3, -0.25) is 14.9 Å². The number of amides is 1. The fourth-order valence-corrected chi connectivity index (χ4v) is 4.58. The van der Waals surface area contributed by atoms with Gasteiger partial charge in [0.1, 0.15) is 12.6 Å². The maximum absolute atomic E-state index is 13.7. The molecule has 2 aromatic carbocycles. The Labute approximate surface area is 210 Å². The van der Waals surface area contributed by atoms with Gasteiger partial charge < -0.3 is 19.5 Å². The molecule has 1 aliphatic heterocycles. The van der Waals surface area contributed by atoms with Crippen LogP contribution in [0, 0.1) is 0 Å². The van der Waals surface area contributed by atoms with Gasteiger partial charge in [0, 0.05) is 5.92 Å². The summed E-state index contributed by atoms with van der Waals surface area (Å²) in [6, 6.07) is 13.7. The number of nitrogens with zero attached hydrogens (tertiary/aromatic N) is 1. The minimum atomic E-state index is -4.42. The number of benzene rings is 2. The number of rotatable bonds is 10. The van der Waals surface area contributed by atoms with Gasteiger partial charge in [0.15, 0.2) is 0 Å². The van der Waals surface area contributed by atoms with E-state index in [1.165, 1.54) is 6.08 Å². The number of aliphatic hydroxyl groups excluding tert-OH is 1. The van der Waals surface area contributed by atoms with Crippen molar-refractivity contribution < 1.29 is 41.7 Å². The molecule has 11 heteroatoms. The van der Waals surface area contributed by atoms with E-state index in [0.717, 1.165) is 22.3 Å². The molecule has 4 rings (SSSR count). The molecular weight excluding hydrogens is 496 g/mol. The molecule has 1 unspecified atom stereocenters. The fraction of sp³-hybridized carbons (Fsp3) is 0.385. The molecule has 1 amide bonds. The highest BCUT2D eigenvalue weighted by Gasteiger charge is 2.64. The number of likely N-dealkylation sites (tertiary alicyclic amines) is 1. The first-order chi connectivity index (χ1) is 17.5. The second-order valence-corrected chi connectivity index (χ2v) is 8.91. The molecule has 1 aliphatic carbocycles. The maximum Gasteiger partial charge on any atom is 0.329 e. The van der Waals surface area contributed by atoms with Gasteiger partial charge in [-0.05, 0) is 22.3 Å². The topological polar surface area (TPSA) is 88.1 Å². The third-order valence-corrected chi connectivity index (χ3v) is 6.38. The first-order valence-electron chi connectivity index (χ1n) is 11.6. The van der Waals surface area contributed by atoms with Crippen LogP contribution in [0.1, 0.15) is 23.5 Å². The van der Waals surface area contributed by atoms with E-state index in [1.54, 1.807) is 0 Å². The monoisotopic (exact) mass is 522 g/mol. The molecule has 2 atom stereocenters. The van der Waals surface area contributed by atoms with Crippen LogP contribution in [0.15, 0.2) is 61.2 Å². The Morgan fingerprint density at radius 1 is 1.05 bits per heavy atom. The van der Waals surface area contributed by atoms with Crippen molar-refractivity contribution in [3.8, 4) is 11.1 Å². The average molecular weight is 522 g/mol. The van der Waals surface area contributed by atoms with Gasteiger partial charge >= 0.3 is 17.8 Å². The molecule has 0 spiro atoms. The molecule has 37 heavy (non-hydrogen) atoms. The van der Waals surface area contributed by atoms with Gasteiger partial charge in [0.25, 0.3) is 0 Å². The molecule has 1 fully saturated rings. The number of hydrogen-bond acceptors (Lipinski definition) is 6. The lowest BCUT2D eigenvalue weighted by atomic mass is 9.98. The lowest BCUT2D eigenvalue weighted by molar-refractivity contribution is -0.172. The number of carbonyl (C=O) groups is 2. The largest absolute Gasteiger partial charge is 0.461 e. The first-order valence-corrected chi connectivity index (χ1v) is 11.6. The minimum absolute atomic E-state index is 0.0239. The second kappa shape index (κ2) is 10.6. The van der Waals surface area contributed by atoms with Crippen molar-refractivity contribution in [1.29, 1.82) is 0 Å². The number of carbonyl (C=O) groups excluding carboxylic acids is 2. The van der Waals surface area contributed by atoms with Gasteiger partial charge in [-0.25, -0.2) is 0 Å². The lowest BCUT2D eigenvalue weighted by Gasteiger charge is -2.26. The Balaban J connectivity index is 1.45. The zero-order valence-electron chi connectivity index (χ0n) is 19.7. The third-order valence-electron chi connectivity index (χ3n) is 6.38. The van der Waals surface area contributed by atoms with E-state index in [2.05, 4.69) is 11.9 Å². The van der Waals surface area contributed by atoms with Crippen LogP contribution < -0.4 is 5.32 Å². The summed E-state index contributed by atoms with van der Waals surface area (Å²) in [4.78, 5) is 25.2. The first kappa shape index (κ1) is 26.8. The average Bonchev–Trinajstić information content (AvgIpc) is 3.29. The van der Waals surface area contributed by atoms with Crippen molar-refractivity contribution in [2.45, 2.75) is 36.6 Å². The van der Waals surface area contributed by atoms with E-state index in [4.69, 9.17) is 9.47 Å². The summed E-state index contributed by atoms with van der Waals surface area (Å²) >= 11 is 0. The molecule has 1 saturated heterocycles. The molecule has 0 radical (unpaired) electrons. The predicted molar refractivity (Wildman–Crippen MR) is 125 cm³/mol. The summed E-state index contributed by atoms with van der Waals surface area (Å²) in [5.74, 6) is -11.2. The Hall–Kier alpha value is -3.28. The van der Waals surface area contributed by atoms with Crippen molar-refractivity contribution in [1.82, 2.24) is 10.2 Å². The molecule has 198 valence electrons. The van der Waals surface area contributed by atoms with Gasteiger partial charge in [-0.1, -0.05) is 61.2 Å². The maximum atomic E-state index is 13.7. The summed E-state index contributed by atoms with van der Waals surface area (Å²) in [7, 11) is 0. The molecule has 2 N–H and O–H groups in total. The van der Waals surface area contributed by atoms with E-state index in [9.17, 15) is 32.3 Å². The normalized spacial score (nSPS) is 19.1. The van der Waals surface area contributed by atoms with Crippen LogP contribution in [0.25, 0.3) is 11.1 Å². The standard InChI is InChI=1S/C26H26F4N2O5/c1-2-11-36-22(33)12-21(23(34)32-14-25(27,28)26(29,30)15-32)31-24(35)37-13-20-18-9-5-3-7-16(18)17-8-4-6-10-19(17)20/h2-10,20-21,24,31,35H,1,11-15H2/t21-,24?/m0/s1. The highest BCUT2D eigenvalue weighted by atomic mass is 19.3. The van der Waals surface area contributed by atoms with E-state index >= 15 is 0 Å². The molecule has 0 bridgehead atoms. The van der Waals surface area contributed by atoms with Crippen LogP contribution in [0.5, 0.6) is 0 Å². The van der Waals surface area contributed by atoms with Gasteiger partial charge in [0.05, 0.1) is 26.1 Å². The van der Waals surface area contributed by atoms with Gasteiger partial charge in [-0.2, -0.15) is 17.6 Å². The predicted octanol–water partition coefficient (Wildman–Crippen LogP) is 3.28. The highest BCUT2D eigenvalue weighted by molar-refractivity contribution is 5.87. The van der Waals surface area contributed by atoms with Crippen molar-refractivity contribution in [3.63, 3.8) is 0 Å². The SMILES string of the molecule is C=CCOC(=O)C[C@H](NC(O)OCC1c2ccccc2-c2ccccc21)C(=O)N1CC(F)(F)C(F)(F)C1. The van der Waals surface area contributed by atoms with Crippen LogP contribution in [0.2, 0.25) is 0 Å². The number of aliphatic hydroxyl groups is 1. The Bertz CT molecular complexity index is 1110. The summed E-state index contributed by atoms with van der Waals surface area (Å²) in [5, 5.41) is 12.8. The second-order valence-electron chi connectivity index (χ2n) is 8.91. The molecule has 1 heterocycles. The molecular formula is C26H26F4N2O5. The number of alkyl halides is 4. The van der Waals surface area contributed by atoms with Crippen LogP contribution >= 0.6 is 0 Å².